The lowest BCUT2D eigenvalue weighted by Gasteiger charge is -2.18. The van der Waals surface area contributed by atoms with Gasteiger partial charge in [0.05, 0.1) is 30.4 Å². The fourth-order valence-corrected chi connectivity index (χ4v) is 3.02. The third kappa shape index (κ3) is 4.15. The molecule has 1 aliphatic rings. The molecule has 0 saturated heterocycles. The molecule has 0 atom stereocenters. The highest BCUT2D eigenvalue weighted by Gasteiger charge is 2.31. The molecule has 2 aromatic heterocycles. The number of hydrogen-bond acceptors (Lipinski definition) is 8. The summed E-state index contributed by atoms with van der Waals surface area (Å²) < 4.78 is 29.2. The maximum atomic E-state index is 12.7. The quantitative estimate of drug-likeness (QED) is 0.522. The van der Waals surface area contributed by atoms with Crippen LogP contribution >= 0.6 is 0 Å². The fourth-order valence-electron chi connectivity index (χ4n) is 3.02. The van der Waals surface area contributed by atoms with Crippen molar-refractivity contribution in [3.05, 3.63) is 42.2 Å². The molecule has 31 heavy (non-hydrogen) atoms. The van der Waals surface area contributed by atoms with Crippen LogP contribution in [0.1, 0.15) is 33.3 Å². The van der Waals surface area contributed by atoms with E-state index in [2.05, 4.69) is 30.9 Å². The number of aromatic nitrogens is 5. The Labute approximate surface area is 182 Å². The Morgan fingerprint density at radius 2 is 2.13 bits per heavy atom. The fraction of sp³-hybridized carbons (Fsp3) is 0.300. The summed E-state index contributed by atoms with van der Waals surface area (Å²) in [5.74, 6) is -0.399. The van der Waals surface area contributed by atoms with E-state index in [1.807, 2.05) is 5.32 Å². The highest BCUT2D eigenvalue weighted by molar-refractivity contribution is 6.05. The number of carbonyl (C=O) groups excluding carboxylic acids is 2. The SMILES string of the molecule is [2H]C([2H])([2H])NC(=O)c1nncc(NC(=O)C2CC2)c1Nc1cccc(-n2cnc(C)n2)c1OC. The van der Waals surface area contributed by atoms with Crippen molar-refractivity contribution in [1.82, 2.24) is 30.3 Å². The van der Waals surface area contributed by atoms with Gasteiger partial charge >= 0.3 is 0 Å². The highest BCUT2D eigenvalue weighted by Crippen LogP contribution is 2.37. The summed E-state index contributed by atoms with van der Waals surface area (Å²) in [4.78, 5) is 29.3. The molecule has 11 nitrogen and oxygen atoms in total. The van der Waals surface area contributed by atoms with Crippen LogP contribution in [0.3, 0.4) is 0 Å². The maximum Gasteiger partial charge on any atom is 0.273 e. The van der Waals surface area contributed by atoms with Gasteiger partial charge in [-0.25, -0.2) is 9.67 Å². The van der Waals surface area contributed by atoms with Gasteiger partial charge in [-0.3, -0.25) is 9.59 Å². The molecule has 1 fully saturated rings. The zero-order valence-corrected chi connectivity index (χ0v) is 16.8. The van der Waals surface area contributed by atoms with Crippen LogP contribution in [0, 0.1) is 12.8 Å². The van der Waals surface area contributed by atoms with E-state index in [9.17, 15) is 9.59 Å². The van der Waals surface area contributed by atoms with Crippen LogP contribution in [0.5, 0.6) is 5.75 Å². The number of methoxy groups -OCH3 is 1. The van der Waals surface area contributed by atoms with Gasteiger partial charge in [0, 0.05) is 17.0 Å². The minimum atomic E-state index is -2.74. The monoisotopic (exact) mass is 425 g/mol. The second-order valence-electron chi connectivity index (χ2n) is 6.92. The van der Waals surface area contributed by atoms with E-state index >= 15 is 0 Å². The van der Waals surface area contributed by atoms with Gasteiger partial charge in [0.1, 0.15) is 17.8 Å². The topological polar surface area (TPSA) is 136 Å². The largest absolute Gasteiger partial charge is 0.492 e. The average Bonchev–Trinajstić information content (AvgIpc) is 3.54. The second-order valence-corrected chi connectivity index (χ2v) is 6.92. The lowest BCUT2D eigenvalue weighted by molar-refractivity contribution is -0.117. The summed E-state index contributed by atoms with van der Waals surface area (Å²) >= 11 is 0. The molecule has 1 saturated carbocycles. The molecular weight excluding hydrogens is 400 g/mol. The van der Waals surface area contributed by atoms with E-state index in [1.165, 1.54) is 24.3 Å². The zero-order valence-electron chi connectivity index (χ0n) is 19.8. The van der Waals surface area contributed by atoms with Gasteiger partial charge in [-0.15, -0.1) is 5.10 Å². The van der Waals surface area contributed by atoms with Gasteiger partial charge < -0.3 is 20.7 Å². The number of aryl methyl sites for hydroxylation is 1. The van der Waals surface area contributed by atoms with E-state index in [-0.39, 0.29) is 28.9 Å². The first kappa shape index (κ1) is 16.7. The Morgan fingerprint density at radius 1 is 1.29 bits per heavy atom. The number of nitrogens with zero attached hydrogens (tertiary/aromatic N) is 5. The Morgan fingerprint density at radius 3 is 2.81 bits per heavy atom. The minimum Gasteiger partial charge on any atom is -0.492 e. The van der Waals surface area contributed by atoms with Crippen LogP contribution in [0.25, 0.3) is 5.69 Å². The standard InChI is InChI=1S/C20H22N8O3/c1-11-22-10-28(27-11)15-6-4-5-13(18(15)31-3)24-16-14(25-19(29)12-7-8-12)9-23-26-17(16)20(30)21-2/h4-6,9-10,12H,7-8H2,1-3H3,(H,21,30)(H,23,24)(H,25,26,29)/i2D3. The first-order valence-electron chi connectivity index (χ1n) is 11.0. The molecule has 2 heterocycles. The molecular formula is C20H22N8O3. The normalized spacial score (nSPS) is 14.7. The Bertz CT molecular complexity index is 1240. The van der Waals surface area contributed by atoms with Crippen molar-refractivity contribution in [3.8, 4) is 11.4 Å². The highest BCUT2D eigenvalue weighted by atomic mass is 16.5. The molecule has 160 valence electrons. The molecule has 1 aromatic carbocycles. The number of carbonyl (C=O) groups is 2. The smallest absolute Gasteiger partial charge is 0.273 e. The van der Waals surface area contributed by atoms with E-state index in [0.29, 0.717) is 22.9 Å². The number of amides is 2. The van der Waals surface area contributed by atoms with Crippen LogP contribution in [-0.4, -0.2) is 50.9 Å². The summed E-state index contributed by atoms with van der Waals surface area (Å²) in [5, 5.41) is 19.6. The van der Waals surface area contributed by atoms with Crippen LogP contribution < -0.4 is 20.7 Å². The van der Waals surface area contributed by atoms with Crippen molar-refractivity contribution in [2.24, 2.45) is 5.92 Å². The van der Waals surface area contributed by atoms with E-state index in [0.717, 1.165) is 12.8 Å². The molecule has 2 amide bonds. The number of nitrogens with one attached hydrogen (secondary N) is 3. The van der Waals surface area contributed by atoms with Crippen molar-refractivity contribution in [3.63, 3.8) is 0 Å². The molecule has 0 radical (unpaired) electrons. The van der Waals surface area contributed by atoms with Crippen molar-refractivity contribution < 1.29 is 18.4 Å². The third-order valence-electron chi connectivity index (χ3n) is 4.70. The number of benzene rings is 1. The molecule has 1 aliphatic carbocycles. The van der Waals surface area contributed by atoms with E-state index in [1.54, 1.807) is 25.1 Å². The summed E-state index contributed by atoms with van der Waals surface area (Å²) in [5.41, 5.74) is 0.898. The predicted molar refractivity (Wildman–Crippen MR) is 113 cm³/mol. The van der Waals surface area contributed by atoms with Gasteiger partial charge in [-0.05, 0) is 31.9 Å². The number of rotatable bonds is 7. The second kappa shape index (κ2) is 8.38. The molecule has 3 N–H and O–H groups in total. The molecule has 3 aromatic rings. The van der Waals surface area contributed by atoms with E-state index < -0.39 is 12.9 Å². The van der Waals surface area contributed by atoms with Crippen LogP contribution in [0.4, 0.5) is 17.1 Å². The van der Waals surface area contributed by atoms with Crippen molar-refractivity contribution in [2.45, 2.75) is 19.8 Å². The Hall–Kier alpha value is -4.02. The van der Waals surface area contributed by atoms with Gasteiger partial charge in [-0.2, -0.15) is 10.2 Å². The van der Waals surface area contributed by atoms with Crippen molar-refractivity contribution in [1.29, 1.82) is 0 Å². The number of hydrogen-bond donors (Lipinski definition) is 3. The number of para-hydroxylation sites is 1. The Balaban J connectivity index is 1.78. The van der Waals surface area contributed by atoms with Crippen LogP contribution in [0.15, 0.2) is 30.7 Å². The lowest BCUT2D eigenvalue weighted by Crippen LogP contribution is -2.23. The third-order valence-corrected chi connectivity index (χ3v) is 4.70. The summed E-state index contributed by atoms with van der Waals surface area (Å²) in [6.45, 7) is -0.996. The first-order chi connectivity index (χ1) is 16.2. The molecule has 11 heteroatoms. The summed E-state index contributed by atoms with van der Waals surface area (Å²) in [6, 6.07) is 5.18. The van der Waals surface area contributed by atoms with Gasteiger partial charge in [-0.1, -0.05) is 6.07 Å². The van der Waals surface area contributed by atoms with Crippen molar-refractivity contribution in [2.75, 3.05) is 24.7 Å². The summed E-state index contributed by atoms with van der Waals surface area (Å²) in [6.07, 6.45) is 4.35. The maximum absolute atomic E-state index is 12.7. The number of ether oxygens (including phenoxy) is 1. The first-order valence-corrected chi connectivity index (χ1v) is 9.48. The number of anilines is 3. The molecule has 0 spiro atoms. The van der Waals surface area contributed by atoms with E-state index in [4.69, 9.17) is 8.85 Å². The molecule has 0 unspecified atom stereocenters. The van der Waals surface area contributed by atoms with Crippen LogP contribution in [-0.2, 0) is 4.79 Å². The predicted octanol–water partition coefficient (Wildman–Crippen LogP) is 1.83. The van der Waals surface area contributed by atoms with Gasteiger partial charge in [0.25, 0.3) is 5.91 Å². The van der Waals surface area contributed by atoms with Crippen LogP contribution in [0.2, 0.25) is 0 Å². The minimum absolute atomic E-state index is 0.0657. The van der Waals surface area contributed by atoms with Gasteiger partial charge in [0.15, 0.2) is 11.4 Å². The van der Waals surface area contributed by atoms with Gasteiger partial charge in [0.2, 0.25) is 5.91 Å². The average molecular weight is 425 g/mol. The molecule has 0 bridgehead atoms. The lowest BCUT2D eigenvalue weighted by atomic mass is 10.2. The summed E-state index contributed by atoms with van der Waals surface area (Å²) in [7, 11) is 1.47. The Kier molecular flexibility index (Phi) is 4.53. The molecule has 4 rings (SSSR count). The van der Waals surface area contributed by atoms with Crippen molar-refractivity contribution >= 4 is 28.9 Å². The molecule has 0 aliphatic heterocycles. The zero-order chi connectivity index (χ0) is 24.5.